The maximum Gasteiger partial charge on any atom is 0.358 e. The predicted octanol–water partition coefficient (Wildman–Crippen LogP) is 2.26. The van der Waals surface area contributed by atoms with Crippen molar-refractivity contribution in [2.45, 2.75) is 44.3 Å². The van der Waals surface area contributed by atoms with Gasteiger partial charge in [-0.15, -0.1) is 5.10 Å². The topological polar surface area (TPSA) is 89.3 Å². The fourth-order valence-electron chi connectivity index (χ4n) is 3.23. The third-order valence-corrected chi connectivity index (χ3v) is 4.50. The lowest BCUT2D eigenvalue weighted by molar-refractivity contribution is 0.0690. The van der Waals surface area contributed by atoms with Gasteiger partial charge in [0.1, 0.15) is 5.75 Å². The molecule has 2 N–H and O–H groups in total. The first-order valence-electron chi connectivity index (χ1n) is 8.19. The quantitative estimate of drug-likeness (QED) is 0.844. The van der Waals surface area contributed by atoms with Crippen molar-refractivity contribution in [3.63, 3.8) is 0 Å². The Hall–Kier alpha value is -2.41. The van der Waals surface area contributed by atoms with Gasteiger partial charge in [-0.05, 0) is 30.5 Å². The summed E-state index contributed by atoms with van der Waals surface area (Å²) >= 11 is 0. The van der Waals surface area contributed by atoms with Crippen LogP contribution in [-0.2, 0) is 6.54 Å². The Morgan fingerprint density at radius 3 is 3.00 bits per heavy atom. The average Bonchev–Trinajstić information content (AvgIpc) is 3.10. The van der Waals surface area contributed by atoms with E-state index in [-0.39, 0.29) is 17.8 Å². The van der Waals surface area contributed by atoms with E-state index in [0.29, 0.717) is 0 Å². The van der Waals surface area contributed by atoms with Gasteiger partial charge in [0.2, 0.25) is 0 Å². The summed E-state index contributed by atoms with van der Waals surface area (Å²) in [4.78, 5) is 11.0. The molecule has 2 aromatic rings. The van der Waals surface area contributed by atoms with Gasteiger partial charge in [-0.25, -0.2) is 9.48 Å². The molecule has 1 saturated carbocycles. The van der Waals surface area contributed by atoms with Gasteiger partial charge in [-0.2, -0.15) is 0 Å². The Bertz CT molecular complexity index is 701. The molecular weight excluding hydrogens is 308 g/mol. The molecule has 2 atom stereocenters. The molecule has 0 aliphatic heterocycles. The van der Waals surface area contributed by atoms with Crippen LogP contribution in [0.2, 0.25) is 0 Å². The molecule has 1 aliphatic carbocycles. The van der Waals surface area contributed by atoms with Crippen molar-refractivity contribution in [1.29, 1.82) is 0 Å². The van der Waals surface area contributed by atoms with Gasteiger partial charge in [0.15, 0.2) is 5.69 Å². The summed E-state index contributed by atoms with van der Waals surface area (Å²) in [5.74, 6) is -0.199. The zero-order valence-electron chi connectivity index (χ0n) is 13.7. The number of ether oxygens (including phenoxy) is 1. The molecule has 1 aromatic carbocycles. The zero-order valence-corrected chi connectivity index (χ0v) is 13.7. The molecule has 3 rings (SSSR count). The molecule has 0 unspecified atom stereocenters. The minimum Gasteiger partial charge on any atom is -0.497 e. The van der Waals surface area contributed by atoms with Crippen LogP contribution < -0.4 is 10.1 Å². The number of hydrogen-bond donors (Lipinski definition) is 2. The number of nitrogens with zero attached hydrogens (tertiary/aromatic N) is 3. The molecule has 24 heavy (non-hydrogen) atoms. The Balaban J connectivity index is 1.68. The number of carboxylic acids is 1. The van der Waals surface area contributed by atoms with Crippen molar-refractivity contribution < 1.29 is 14.6 Å². The van der Waals surface area contributed by atoms with Crippen molar-refractivity contribution in [3.8, 4) is 5.75 Å². The minimum absolute atomic E-state index is 0.00730. The van der Waals surface area contributed by atoms with Crippen LogP contribution >= 0.6 is 0 Å². The molecule has 0 bridgehead atoms. The molecule has 1 aromatic heterocycles. The smallest absolute Gasteiger partial charge is 0.358 e. The number of nitrogens with one attached hydrogen (secondary N) is 1. The van der Waals surface area contributed by atoms with Gasteiger partial charge in [-0.3, -0.25) is 0 Å². The van der Waals surface area contributed by atoms with Gasteiger partial charge >= 0.3 is 5.97 Å². The van der Waals surface area contributed by atoms with Gasteiger partial charge < -0.3 is 15.2 Å². The largest absolute Gasteiger partial charge is 0.497 e. The number of benzene rings is 1. The second-order valence-electron chi connectivity index (χ2n) is 6.08. The summed E-state index contributed by atoms with van der Waals surface area (Å²) in [5, 5.41) is 20.4. The molecule has 0 saturated heterocycles. The minimum atomic E-state index is -1.04. The molecule has 7 heteroatoms. The SMILES string of the molecule is COc1cccc(CN[C@@H]2CCCC[C@@H]2n2cc(C(=O)O)nn2)c1. The van der Waals surface area contributed by atoms with Crippen molar-refractivity contribution in [3.05, 3.63) is 41.7 Å². The Morgan fingerprint density at radius 2 is 2.25 bits per heavy atom. The number of rotatable bonds is 6. The molecule has 0 spiro atoms. The first kappa shape index (κ1) is 16.4. The summed E-state index contributed by atoms with van der Waals surface area (Å²) in [6, 6.07) is 8.35. The predicted molar refractivity (Wildman–Crippen MR) is 88.1 cm³/mol. The van der Waals surface area contributed by atoms with Crippen LogP contribution in [-0.4, -0.2) is 39.2 Å². The van der Waals surface area contributed by atoms with Crippen LogP contribution in [0.1, 0.15) is 47.8 Å². The summed E-state index contributed by atoms with van der Waals surface area (Å²) in [7, 11) is 1.66. The van der Waals surface area contributed by atoms with E-state index in [2.05, 4.69) is 21.7 Å². The molecular formula is C17H22N4O3. The van der Waals surface area contributed by atoms with E-state index in [0.717, 1.165) is 43.5 Å². The van der Waals surface area contributed by atoms with Crippen molar-refractivity contribution in [2.75, 3.05) is 7.11 Å². The maximum absolute atomic E-state index is 11.0. The standard InChI is InChI=1S/C17H22N4O3/c1-24-13-6-4-5-12(9-13)10-18-14-7-2-3-8-16(14)21-11-15(17(22)23)19-20-21/h4-6,9,11,14,16,18H,2-3,7-8,10H2,1H3,(H,22,23)/t14-,16+/m1/s1. The zero-order chi connectivity index (χ0) is 16.9. The summed E-state index contributed by atoms with van der Waals surface area (Å²) in [6.45, 7) is 0.735. The van der Waals surface area contributed by atoms with E-state index >= 15 is 0 Å². The monoisotopic (exact) mass is 330 g/mol. The highest BCUT2D eigenvalue weighted by Crippen LogP contribution is 2.28. The Labute approximate surface area is 140 Å². The third kappa shape index (κ3) is 3.73. The van der Waals surface area contributed by atoms with Gasteiger partial charge in [-0.1, -0.05) is 30.2 Å². The second kappa shape index (κ2) is 7.44. The van der Waals surface area contributed by atoms with Crippen LogP contribution in [0, 0.1) is 0 Å². The van der Waals surface area contributed by atoms with Crippen LogP contribution in [0.25, 0.3) is 0 Å². The summed E-state index contributed by atoms with van der Waals surface area (Å²) in [6.07, 6.45) is 5.81. The maximum atomic E-state index is 11.0. The Morgan fingerprint density at radius 1 is 1.42 bits per heavy atom. The molecule has 128 valence electrons. The average molecular weight is 330 g/mol. The highest BCUT2D eigenvalue weighted by atomic mass is 16.5. The molecule has 1 fully saturated rings. The van der Waals surface area contributed by atoms with E-state index in [1.54, 1.807) is 11.8 Å². The van der Waals surface area contributed by atoms with E-state index in [1.807, 2.05) is 18.2 Å². The number of carboxylic acid groups (broad SMARTS) is 1. The van der Waals surface area contributed by atoms with E-state index in [1.165, 1.54) is 6.20 Å². The lowest BCUT2D eigenvalue weighted by atomic mass is 9.90. The van der Waals surface area contributed by atoms with Crippen molar-refractivity contribution in [1.82, 2.24) is 20.3 Å². The lowest BCUT2D eigenvalue weighted by Crippen LogP contribution is -2.39. The first-order valence-corrected chi connectivity index (χ1v) is 8.19. The van der Waals surface area contributed by atoms with E-state index in [9.17, 15) is 4.79 Å². The molecule has 1 aliphatic rings. The summed E-state index contributed by atoms with van der Waals surface area (Å²) < 4.78 is 6.96. The van der Waals surface area contributed by atoms with E-state index in [4.69, 9.17) is 9.84 Å². The summed E-state index contributed by atoms with van der Waals surface area (Å²) in [5.41, 5.74) is 1.15. The molecule has 1 heterocycles. The number of carbonyl (C=O) groups is 1. The number of aromatic carboxylic acids is 1. The number of aromatic nitrogens is 3. The van der Waals surface area contributed by atoms with Crippen molar-refractivity contribution >= 4 is 5.97 Å². The first-order chi connectivity index (χ1) is 11.7. The normalized spacial score (nSPS) is 20.7. The van der Waals surface area contributed by atoms with Crippen LogP contribution in [0.5, 0.6) is 5.75 Å². The lowest BCUT2D eigenvalue weighted by Gasteiger charge is -2.32. The van der Waals surface area contributed by atoms with Gasteiger partial charge in [0, 0.05) is 12.6 Å². The van der Waals surface area contributed by atoms with Crippen LogP contribution in [0.3, 0.4) is 0 Å². The van der Waals surface area contributed by atoms with Crippen LogP contribution in [0.4, 0.5) is 0 Å². The molecule has 7 nitrogen and oxygen atoms in total. The van der Waals surface area contributed by atoms with Crippen LogP contribution in [0.15, 0.2) is 30.5 Å². The third-order valence-electron chi connectivity index (χ3n) is 4.50. The fourth-order valence-corrected chi connectivity index (χ4v) is 3.23. The Kier molecular flexibility index (Phi) is 5.10. The fraction of sp³-hybridized carbons (Fsp3) is 0.471. The van der Waals surface area contributed by atoms with Crippen molar-refractivity contribution in [2.24, 2.45) is 0 Å². The molecule has 0 amide bonds. The molecule has 0 radical (unpaired) electrons. The number of methoxy groups -OCH3 is 1. The van der Waals surface area contributed by atoms with Gasteiger partial charge in [0.25, 0.3) is 0 Å². The highest BCUT2D eigenvalue weighted by Gasteiger charge is 2.27. The highest BCUT2D eigenvalue weighted by molar-refractivity contribution is 5.84. The van der Waals surface area contributed by atoms with E-state index < -0.39 is 5.97 Å². The van der Waals surface area contributed by atoms with Gasteiger partial charge in [0.05, 0.1) is 19.3 Å². The second-order valence-corrected chi connectivity index (χ2v) is 6.08. The number of hydrogen-bond acceptors (Lipinski definition) is 5.